The van der Waals surface area contributed by atoms with E-state index in [4.69, 9.17) is 9.84 Å². The van der Waals surface area contributed by atoms with Crippen LogP contribution in [-0.2, 0) is 4.79 Å². The molecule has 0 aliphatic carbocycles. The molecule has 1 atom stereocenters. The lowest BCUT2D eigenvalue weighted by molar-refractivity contribution is -0.274. The Morgan fingerprint density at radius 1 is 1.42 bits per heavy atom. The topological polar surface area (TPSA) is 76.0 Å². The van der Waals surface area contributed by atoms with Crippen molar-refractivity contribution in [3.05, 3.63) is 23.8 Å². The molecule has 5 nitrogen and oxygen atoms in total. The number of carboxylic acid groups (broad SMARTS) is 1. The molecule has 0 saturated heterocycles. The Balaban J connectivity index is 3.14. The number of ether oxygens (including phenoxy) is 2. The number of aliphatic hydroxyl groups excluding tert-OH is 1. The first-order valence-electron chi connectivity index (χ1n) is 5.18. The van der Waals surface area contributed by atoms with Crippen molar-refractivity contribution in [1.29, 1.82) is 0 Å². The summed E-state index contributed by atoms with van der Waals surface area (Å²) in [5.74, 6) is -2.26. The smallest absolute Gasteiger partial charge is 0.493 e. The van der Waals surface area contributed by atoms with E-state index in [2.05, 4.69) is 4.74 Å². The molecule has 1 unspecified atom stereocenters. The molecule has 1 aromatic carbocycles. The summed E-state index contributed by atoms with van der Waals surface area (Å²) in [5, 5.41) is 18.1. The van der Waals surface area contributed by atoms with Crippen molar-refractivity contribution in [2.24, 2.45) is 0 Å². The predicted molar refractivity (Wildman–Crippen MR) is 56.9 cm³/mol. The molecule has 0 saturated carbocycles. The lowest BCUT2D eigenvalue weighted by Crippen LogP contribution is -2.18. The number of hydrogen-bond donors (Lipinski definition) is 2. The maximum absolute atomic E-state index is 12.0. The van der Waals surface area contributed by atoms with E-state index in [1.165, 1.54) is 0 Å². The van der Waals surface area contributed by atoms with E-state index >= 15 is 0 Å². The maximum Gasteiger partial charge on any atom is 0.573 e. The minimum Gasteiger partial charge on any atom is -0.493 e. The summed E-state index contributed by atoms with van der Waals surface area (Å²) in [7, 11) is 0. The van der Waals surface area contributed by atoms with E-state index in [9.17, 15) is 23.1 Å². The van der Waals surface area contributed by atoms with Crippen LogP contribution in [0, 0.1) is 0 Å². The van der Waals surface area contributed by atoms with Gasteiger partial charge in [0.1, 0.15) is 11.5 Å². The van der Waals surface area contributed by atoms with Crippen molar-refractivity contribution in [2.75, 3.05) is 6.61 Å². The first kappa shape index (κ1) is 15.1. The van der Waals surface area contributed by atoms with E-state index in [0.29, 0.717) is 0 Å². The third kappa shape index (κ3) is 4.32. The second-order valence-electron chi connectivity index (χ2n) is 3.42. The Hall–Kier alpha value is -1.96. The van der Waals surface area contributed by atoms with Gasteiger partial charge in [0.15, 0.2) is 6.10 Å². The van der Waals surface area contributed by atoms with E-state index in [1.807, 2.05) is 0 Å². The van der Waals surface area contributed by atoms with Crippen LogP contribution < -0.4 is 9.47 Å². The molecule has 1 aromatic rings. The lowest BCUT2D eigenvalue weighted by Gasteiger charge is -2.15. The monoisotopic (exact) mass is 280 g/mol. The number of hydrogen-bond acceptors (Lipinski definition) is 4. The average molecular weight is 280 g/mol. The molecule has 106 valence electrons. The Kier molecular flexibility index (Phi) is 4.60. The molecular formula is C11H11F3O5. The van der Waals surface area contributed by atoms with Gasteiger partial charge in [-0.15, -0.1) is 13.2 Å². The number of aliphatic carboxylic acids is 1. The molecule has 0 amide bonds. The van der Waals surface area contributed by atoms with E-state index in [-0.39, 0.29) is 17.9 Å². The van der Waals surface area contributed by atoms with Crippen LogP contribution in [0.4, 0.5) is 13.2 Å². The van der Waals surface area contributed by atoms with Crippen LogP contribution >= 0.6 is 0 Å². The summed E-state index contributed by atoms with van der Waals surface area (Å²) >= 11 is 0. The molecule has 19 heavy (non-hydrogen) atoms. The van der Waals surface area contributed by atoms with E-state index in [1.54, 1.807) is 6.92 Å². The van der Waals surface area contributed by atoms with Crippen molar-refractivity contribution in [3.8, 4) is 11.5 Å². The Morgan fingerprint density at radius 3 is 2.53 bits per heavy atom. The van der Waals surface area contributed by atoms with Gasteiger partial charge in [-0.05, 0) is 25.1 Å². The van der Waals surface area contributed by atoms with Gasteiger partial charge in [-0.25, -0.2) is 4.79 Å². The highest BCUT2D eigenvalue weighted by molar-refractivity contribution is 5.75. The van der Waals surface area contributed by atoms with Gasteiger partial charge in [0.25, 0.3) is 0 Å². The fourth-order valence-corrected chi connectivity index (χ4v) is 1.36. The van der Waals surface area contributed by atoms with Crippen molar-refractivity contribution in [3.63, 3.8) is 0 Å². The van der Waals surface area contributed by atoms with Crippen LogP contribution in [0.2, 0.25) is 0 Å². The molecule has 0 radical (unpaired) electrons. The van der Waals surface area contributed by atoms with Gasteiger partial charge in [-0.3, -0.25) is 0 Å². The first-order chi connectivity index (χ1) is 8.74. The summed E-state index contributed by atoms with van der Waals surface area (Å²) in [6.45, 7) is 1.77. The quantitative estimate of drug-likeness (QED) is 0.863. The van der Waals surface area contributed by atoms with Crippen LogP contribution in [0.1, 0.15) is 18.6 Å². The Morgan fingerprint density at radius 2 is 2.05 bits per heavy atom. The van der Waals surface area contributed by atoms with Crippen LogP contribution in [0.25, 0.3) is 0 Å². The predicted octanol–water partition coefficient (Wildman–Crippen LogP) is 2.10. The van der Waals surface area contributed by atoms with Gasteiger partial charge in [-0.2, -0.15) is 0 Å². The fraction of sp³-hybridized carbons (Fsp3) is 0.364. The third-order valence-corrected chi connectivity index (χ3v) is 2.04. The largest absolute Gasteiger partial charge is 0.573 e. The molecule has 0 heterocycles. The van der Waals surface area contributed by atoms with E-state index < -0.39 is 24.2 Å². The molecule has 0 aromatic heterocycles. The molecular weight excluding hydrogens is 269 g/mol. The highest BCUT2D eigenvalue weighted by Gasteiger charge is 2.32. The summed E-state index contributed by atoms with van der Waals surface area (Å²) in [6.07, 6.45) is -6.91. The third-order valence-electron chi connectivity index (χ3n) is 2.04. The van der Waals surface area contributed by atoms with Gasteiger partial charge in [0.05, 0.1) is 6.61 Å². The molecule has 0 bridgehead atoms. The van der Waals surface area contributed by atoms with Gasteiger partial charge in [-0.1, -0.05) is 0 Å². The zero-order chi connectivity index (χ0) is 14.6. The zero-order valence-electron chi connectivity index (χ0n) is 9.77. The Bertz CT molecular complexity index is 458. The molecule has 2 N–H and O–H groups in total. The number of rotatable bonds is 5. The van der Waals surface area contributed by atoms with Crippen LogP contribution in [0.3, 0.4) is 0 Å². The minimum absolute atomic E-state index is 0.0214. The molecule has 1 rings (SSSR count). The van der Waals surface area contributed by atoms with Crippen LogP contribution in [0.5, 0.6) is 11.5 Å². The Labute approximate surface area is 106 Å². The summed E-state index contributed by atoms with van der Waals surface area (Å²) in [5.41, 5.74) is -0.309. The SMILES string of the molecule is CCOc1ccc(OC(F)(F)F)cc1C(O)C(=O)O. The van der Waals surface area contributed by atoms with Gasteiger partial charge in [0, 0.05) is 5.56 Å². The molecule has 0 aliphatic rings. The number of carbonyl (C=O) groups is 1. The normalized spacial score (nSPS) is 12.9. The summed E-state index contributed by atoms with van der Waals surface area (Å²) in [4.78, 5) is 10.7. The van der Waals surface area contributed by atoms with Crippen molar-refractivity contribution in [2.45, 2.75) is 19.4 Å². The van der Waals surface area contributed by atoms with Crippen molar-refractivity contribution in [1.82, 2.24) is 0 Å². The summed E-state index contributed by atoms with van der Waals surface area (Å²) < 4.78 is 44.8. The molecule has 8 heteroatoms. The van der Waals surface area contributed by atoms with E-state index in [0.717, 1.165) is 18.2 Å². The summed E-state index contributed by atoms with van der Waals surface area (Å²) in [6, 6.07) is 2.85. The van der Waals surface area contributed by atoms with Crippen molar-refractivity contribution >= 4 is 5.97 Å². The lowest BCUT2D eigenvalue weighted by atomic mass is 10.1. The number of carboxylic acids is 1. The second kappa shape index (κ2) is 5.79. The second-order valence-corrected chi connectivity index (χ2v) is 3.42. The van der Waals surface area contributed by atoms with Crippen LogP contribution in [-0.4, -0.2) is 29.2 Å². The number of alkyl halides is 3. The van der Waals surface area contributed by atoms with Crippen LogP contribution in [0.15, 0.2) is 18.2 Å². The number of halogens is 3. The van der Waals surface area contributed by atoms with Crippen molar-refractivity contribution < 1.29 is 37.7 Å². The standard InChI is InChI=1S/C11H11F3O5/c1-2-18-8-4-3-6(19-11(12,13)14)5-7(8)9(15)10(16)17/h3-5,9,15H,2H2,1H3,(H,16,17). The molecule has 0 fully saturated rings. The fourth-order valence-electron chi connectivity index (χ4n) is 1.36. The maximum atomic E-state index is 12.0. The van der Waals surface area contributed by atoms with Gasteiger partial charge >= 0.3 is 12.3 Å². The highest BCUT2D eigenvalue weighted by atomic mass is 19.4. The van der Waals surface area contributed by atoms with Gasteiger partial charge < -0.3 is 19.7 Å². The minimum atomic E-state index is -4.90. The zero-order valence-corrected chi connectivity index (χ0v) is 9.77. The highest BCUT2D eigenvalue weighted by Crippen LogP contribution is 2.32. The first-order valence-corrected chi connectivity index (χ1v) is 5.18. The molecule has 0 spiro atoms. The number of benzene rings is 1. The molecule has 0 aliphatic heterocycles. The van der Waals surface area contributed by atoms with Gasteiger partial charge in [0.2, 0.25) is 0 Å². The average Bonchev–Trinajstić information content (AvgIpc) is 2.28. The number of aliphatic hydroxyl groups is 1.